The first-order chi connectivity index (χ1) is 13.2. The Hall–Kier alpha value is -2.47. The molecular weight excluding hydrogens is 372 g/mol. The van der Waals surface area contributed by atoms with Gasteiger partial charge in [0.05, 0.1) is 12.4 Å². The monoisotopic (exact) mass is 400 g/mol. The molecule has 2 aromatic rings. The minimum absolute atomic E-state index is 0.0139. The zero-order chi connectivity index (χ0) is 20.7. The molecule has 5 nitrogen and oxygen atoms in total. The number of rotatable bonds is 7. The number of benzene rings is 2. The first-order valence-corrected chi connectivity index (χ1v) is 10.1. The van der Waals surface area contributed by atoms with Gasteiger partial charge >= 0.3 is 0 Å². The van der Waals surface area contributed by atoms with Gasteiger partial charge in [0.25, 0.3) is 0 Å². The van der Waals surface area contributed by atoms with Gasteiger partial charge in [-0.25, -0.2) is 0 Å². The molecule has 0 fully saturated rings. The molecule has 28 heavy (non-hydrogen) atoms. The van der Waals surface area contributed by atoms with Crippen LogP contribution in [0.1, 0.15) is 34.1 Å². The molecule has 0 aliphatic heterocycles. The van der Waals surface area contributed by atoms with Crippen LogP contribution in [0, 0.1) is 5.41 Å². The molecule has 1 atom stereocenters. The molecule has 0 saturated carbocycles. The Balaban J connectivity index is 1.94. The SMILES string of the molecule is COc1ccc(NC(=O)C(C)Sc2cccc(NC(=O)CC(C)(C)C)c2)cc1. The lowest BCUT2D eigenvalue weighted by atomic mass is 9.92. The van der Waals surface area contributed by atoms with Gasteiger partial charge in [0.1, 0.15) is 5.75 Å². The molecule has 0 aliphatic carbocycles. The lowest BCUT2D eigenvalue weighted by molar-refractivity contribution is -0.118. The fourth-order valence-electron chi connectivity index (χ4n) is 2.51. The van der Waals surface area contributed by atoms with Gasteiger partial charge in [-0.1, -0.05) is 26.8 Å². The molecule has 0 spiro atoms. The molecule has 0 heterocycles. The second kappa shape index (κ2) is 9.64. The molecule has 2 aromatic carbocycles. The average molecular weight is 401 g/mol. The Bertz CT molecular complexity index is 813. The molecule has 0 aromatic heterocycles. The number of hydrogen-bond acceptors (Lipinski definition) is 4. The van der Waals surface area contributed by atoms with Crippen molar-refractivity contribution in [3.63, 3.8) is 0 Å². The van der Waals surface area contributed by atoms with Crippen molar-refractivity contribution in [2.45, 2.75) is 44.3 Å². The lowest BCUT2D eigenvalue weighted by Gasteiger charge is -2.17. The number of amides is 2. The molecule has 2 N–H and O–H groups in total. The zero-order valence-electron chi connectivity index (χ0n) is 17.0. The lowest BCUT2D eigenvalue weighted by Crippen LogP contribution is -2.22. The largest absolute Gasteiger partial charge is 0.497 e. The molecule has 0 aliphatic rings. The van der Waals surface area contributed by atoms with Crippen LogP contribution in [0.4, 0.5) is 11.4 Å². The zero-order valence-corrected chi connectivity index (χ0v) is 17.9. The van der Waals surface area contributed by atoms with Crippen molar-refractivity contribution < 1.29 is 14.3 Å². The van der Waals surface area contributed by atoms with Crippen molar-refractivity contribution in [2.75, 3.05) is 17.7 Å². The summed E-state index contributed by atoms with van der Waals surface area (Å²) in [6, 6.07) is 14.8. The summed E-state index contributed by atoms with van der Waals surface area (Å²) in [6.45, 7) is 7.94. The smallest absolute Gasteiger partial charge is 0.237 e. The molecule has 0 saturated heterocycles. The van der Waals surface area contributed by atoms with E-state index in [0.29, 0.717) is 6.42 Å². The van der Waals surface area contributed by atoms with E-state index < -0.39 is 0 Å². The summed E-state index contributed by atoms with van der Waals surface area (Å²) >= 11 is 1.44. The maximum absolute atomic E-state index is 12.5. The van der Waals surface area contributed by atoms with Gasteiger partial charge in [0.2, 0.25) is 11.8 Å². The number of thioether (sulfide) groups is 1. The summed E-state index contributed by atoms with van der Waals surface area (Å²) in [7, 11) is 1.60. The van der Waals surface area contributed by atoms with E-state index in [0.717, 1.165) is 22.0 Å². The Kier molecular flexibility index (Phi) is 7.52. The van der Waals surface area contributed by atoms with Gasteiger partial charge < -0.3 is 15.4 Å². The predicted octanol–water partition coefficient (Wildman–Crippen LogP) is 5.19. The summed E-state index contributed by atoms with van der Waals surface area (Å²) in [5.41, 5.74) is 1.40. The third-order valence-electron chi connectivity index (χ3n) is 3.85. The van der Waals surface area contributed by atoms with Crippen LogP contribution in [-0.4, -0.2) is 24.2 Å². The van der Waals surface area contributed by atoms with Crippen molar-refractivity contribution in [3.8, 4) is 5.75 Å². The summed E-state index contributed by atoms with van der Waals surface area (Å²) in [4.78, 5) is 25.5. The predicted molar refractivity (Wildman–Crippen MR) is 116 cm³/mol. The van der Waals surface area contributed by atoms with Gasteiger partial charge in [0.15, 0.2) is 0 Å². The Morgan fingerprint density at radius 2 is 1.71 bits per heavy atom. The first kappa shape index (κ1) is 21.8. The Morgan fingerprint density at radius 1 is 1.04 bits per heavy atom. The van der Waals surface area contributed by atoms with E-state index in [-0.39, 0.29) is 22.5 Å². The summed E-state index contributed by atoms with van der Waals surface area (Å²) in [5, 5.41) is 5.54. The number of carbonyl (C=O) groups is 2. The molecule has 1 unspecified atom stereocenters. The highest BCUT2D eigenvalue weighted by Crippen LogP contribution is 2.27. The molecule has 6 heteroatoms. The minimum atomic E-state index is -0.289. The number of anilines is 2. The van der Waals surface area contributed by atoms with E-state index in [2.05, 4.69) is 10.6 Å². The van der Waals surface area contributed by atoms with Gasteiger partial charge in [-0.15, -0.1) is 11.8 Å². The van der Waals surface area contributed by atoms with E-state index in [1.54, 1.807) is 31.4 Å². The molecule has 150 valence electrons. The number of carbonyl (C=O) groups excluding carboxylic acids is 2. The van der Waals surface area contributed by atoms with E-state index in [9.17, 15) is 9.59 Å². The van der Waals surface area contributed by atoms with Crippen LogP contribution in [0.5, 0.6) is 5.75 Å². The van der Waals surface area contributed by atoms with Crippen LogP contribution >= 0.6 is 11.8 Å². The van der Waals surface area contributed by atoms with E-state index >= 15 is 0 Å². The summed E-state index contributed by atoms with van der Waals surface area (Å²) in [6.07, 6.45) is 0.449. The maximum Gasteiger partial charge on any atom is 0.237 e. The third-order valence-corrected chi connectivity index (χ3v) is 4.94. The average Bonchev–Trinajstić information content (AvgIpc) is 2.61. The maximum atomic E-state index is 12.5. The highest BCUT2D eigenvalue weighted by atomic mass is 32.2. The molecule has 2 rings (SSSR count). The summed E-state index contributed by atoms with van der Waals surface area (Å²) < 4.78 is 5.12. The van der Waals surface area contributed by atoms with Crippen LogP contribution < -0.4 is 15.4 Å². The van der Waals surface area contributed by atoms with Crippen LogP contribution in [0.25, 0.3) is 0 Å². The van der Waals surface area contributed by atoms with Crippen molar-refractivity contribution in [2.24, 2.45) is 5.41 Å². The molecule has 0 bridgehead atoms. The Morgan fingerprint density at radius 3 is 2.32 bits per heavy atom. The fraction of sp³-hybridized carbons (Fsp3) is 0.364. The van der Waals surface area contributed by atoms with Crippen molar-refractivity contribution in [1.29, 1.82) is 0 Å². The second-order valence-electron chi connectivity index (χ2n) is 7.79. The fourth-order valence-corrected chi connectivity index (χ4v) is 3.44. The first-order valence-electron chi connectivity index (χ1n) is 9.18. The highest BCUT2D eigenvalue weighted by molar-refractivity contribution is 8.00. The summed E-state index contributed by atoms with van der Waals surface area (Å²) in [5.74, 6) is 0.642. The molecular formula is C22H28N2O3S. The normalized spacial score (nSPS) is 12.2. The number of hydrogen-bond donors (Lipinski definition) is 2. The molecule has 0 radical (unpaired) electrons. The van der Waals surface area contributed by atoms with Crippen LogP contribution in [0.3, 0.4) is 0 Å². The quantitative estimate of drug-likeness (QED) is 0.628. The Labute approximate surface area is 171 Å². The van der Waals surface area contributed by atoms with Crippen LogP contribution in [0.15, 0.2) is 53.4 Å². The van der Waals surface area contributed by atoms with E-state index in [1.807, 2.05) is 52.0 Å². The highest BCUT2D eigenvalue weighted by Gasteiger charge is 2.17. The van der Waals surface area contributed by atoms with Gasteiger partial charge in [-0.3, -0.25) is 9.59 Å². The van der Waals surface area contributed by atoms with Gasteiger partial charge in [-0.2, -0.15) is 0 Å². The topological polar surface area (TPSA) is 67.4 Å². The van der Waals surface area contributed by atoms with E-state index in [4.69, 9.17) is 4.74 Å². The van der Waals surface area contributed by atoms with Gasteiger partial charge in [0, 0.05) is 22.7 Å². The number of methoxy groups -OCH3 is 1. The van der Waals surface area contributed by atoms with E-state index in [1.165, 1.54) is 11.8 Å². The third kappa shape index (κ3) is 7.27. The second-order valence-corrected chi connectivity index (χ2v) is 9.21. The number of nitrogens with one attached hydrogen (secondary N) is 2. The minimum Gasteiger partial charge on any atom is -0.497 e. The van der Waals surface area contributed by atoms with Crippen LogP contribution in [0.2, 0.25) is 0 Å². The van der Waals surface area contributed by atoms with Crippen LogP contribution in [-0.2, 0) is 9.59 Å². The molecule has 2 amide bonds. The van der Waals surface area contributed by atoms with Gasteiger partial charge in [-0.05, 0) is 54.8 Å². The standard InChI is InChI=1S/C22H28N2O3S/c1-15(21(26)24-16-9-11-18(27-5)12-10-16)28-19-8-6-7-17(13-19)23-20(25)14-22(2,3)4/h6-13,15H,14H2,1-5H3,(H,23,25)(H,24,26). The van der Waals surface area contributed by atoms with Crippen molar-refractivity contribution >= 4 is 35.0 Å². The van der Waals surface area contributed by atoms with Crippen molar-refractivity contribution in [3.05, 3.63) is 48.5 Å². The van der Waals surface area contributed by atoms with Crippen molar-refractivity contribution in [1.82, 2.24) is 0 Å². The number of ether oxygens (including phenoxy) is 1.